The van der Waals surface area contributed by atoms with E-state index in [1.165, 1.54) is 6.07 Å². The third kappa shape index (κ3) is 4.02. The van der Waals surface area contributed by atoms with E-state index in [1.807, 2.05) is 6.07 Å². The van der Waals surface area contributed by atoms with Crippen LogP contribution in [0.3, 0.4) is 0 Å². The number of benzene rings is 1. The number of nitrogens with zero attached hydrogens (tertiary/aromatic N) is 2. The minimum absolute atomic E-state index is 0.0516. The summed E-state index contributed by atoms with van der Waals surface area (Å²) in [6, 6.07) is 7.04. The molecular formula is C15H21FN2O. The van der Waals surface area contributed by atoms with Gasteiger partial charge in [-0.05, 0) is 18.9 Å². The molecule has 3 nitrogen and oxygen atoms in total. The lowest BCUT2D eigenvalue weighted by atomic mass is 10.1. The molecular weight excluding hydrogens is 243 g/mol. The SMILES string of the molecule is CCC(CC)N(CCO)Cc1cccc(C#N)c1F. The molecule has 19 heavy (non-hydrogen) atoms. The van der Waals surface area contributed by atoms with E-state index in [9.17, 15) is 4.39 Å². The predicted octanol–water partition coefficient (Wildman–Crippen LogP) is 2.68. The average Bonchev–Trinajstić information content (AvgIpc) is 2.42. The molecule has 0 saturated heterocycles. The standard InChI is InChI=1S/C15H21FN2O/c1-3-14(4-2)18(8-9-19)11-13-7-5-6-12(10-17)15(13)16/h5-7,14,19H,3-4,8-9,11H2,1-2H3. The van der Waals surface area contributed by atoms with Gasteiger partial charge in [0.1, 0.15) is 11.9 Å². The molecule has 0 spiro atoms. The molecule has 0 amide bonds. The number of aliphatic hydroxyl groups excluding tert-OH is 1. The minimum Gasteiger partial charge on any atom is -0.395 e. The summed E-state index contributed by atoms with van der Waals surface area (Å²) in [5.74, 6) is -0.445. The Kier molecular flexibility index (Phi) is 6.48. The normalized spacial score (nSPS) is 11.0. The monoisotopic (exact) mass is 264 g/mol. The molecule has 0 fully saturated rings. The van der Waals surface area contributed by atoms with E-state index in [-0.39, 0.29) is 12.2 Å². The molecule has 1 aromatic rings. The second-order valence-corrected chi connectivity index (χ2v) is 4.55. The number of rotatable bonds is 7. The zero-order chi connectivity index (χ0) is 14.3. The van der Waals surface area contributed by atoms with Crippen molar-refractivity contribution < 1.29 is 9.50 Å². The van der Waals surface area contributed by atoms with Crippen molar-refractivity contribution in [1.29, 1.82) is 5.26 Å². The van der Waals surface area contributed by atoms with E-state index in [2.05, 4.69) is 18.7 Å². The first-order valence-electron chi connectivity index (χ1n) is 6.70. The van der Waals surface area contributed by atoms with Crippen molar-refractivity contribution in [3.8, 4) is 6.07 Å². The molecule has 0 aliphatic rings. The number of nitriles is 1. The van der Waals surface area contributed by atoms with Gasteiger partial charge in [-0.25, -0.2) is 4.39 Å². The third-order valence-electron chi connectivity index (χ3n) is 3.42. The Morgan fingerprint density at radius 1 is 1.37 bits per heavy atom. The molecule has 1 N–H and O–H groups in total. The molecule has 0 saturated carbocycles. The van der Waals surface area contributed by atoms with Gasteiger partial charge in [0.25, 0.3) is 0 Å². The first-order valence-corrected chi connectivity index (χ1v) is 6.70. The molecule has 104 valence electrons. The molecule has 4 heteroatoms. The lowest BCUT2D eigenvalue weighted by Crippen LogP contribution is -2.36. The largest absolute Gasteiger partial charge is 0.395 e. The molecule has 0 unspecified atom stereocenters. The van der Waals surface area contributed by atoms with Crippen LogP contribution < -0.4 is 0 Å². The van der Waals surface area contributed by atoms with Crippen LogP contribution in [-0.4, -0.2) is 29.2 Å². The van der Waals surface area contributed by atoms with Gasteiger partial charge in [-0.1, -0.05) is 26.0 Å². The summed E-state index contributed by atoms with van der Waals surface area (Å²) in [5.41, 5.74) is 0.588. The molecule has 0 aliphatic heterocycles. The van der Waals surface area contributed by atoms with Crippen molar-refractivity contribution in [3.63, 3.8) is 0 Å². The van der Waals surface area contributed by atoms with Crippen LogP contribution in [0.2, 0.25) is 0 Å². The van der Waals surface area contributed by atoms with E-state index in [4.69, 9.17) is 10.4 Å². The first-order chi connectivity index (χ1) is 9.17. The minimum atomic E-state index is -0.445. The molecule has 0 heterocycles. The van der Waals surface area contributed by atoms with Crippen LogP contribution in [0.25, 0.3) is 0 Å². The second-order valence-electron chi connectivity index (χ2n) is 4.55. The van der Waals surface area contributed by atoms with Gasteiger partial charge in [0.15, 0.2) is 0 Å². The highest BCUT2D eigenvalue weighted by molar-refractivity contribution is 5.34. The topological polar surface area (TPSA) is 47.3 Å². The fourth-order valence-electron chi connectivity index (χ4n) is 2.33. The maximum atomic E-state index is 14.0. The van der Waals surface area contributed by atoms with E-state index in [0.717, 1.165) is 12.8 Å². The molecule has 0 aliphatic carbocycles. The second kappa shape index (κ2) is 7.88. The Balaban J connectivity index is 2.93. The zero-order valence-corrected chi connectivity index (χ0v) is 11.6. The average molecular weight is 264 g/mol. The van der Waals surface area contributed by atoms with Gasteiger partial charge in [0, 0.05) is 24.7 Å². The van der Waals surface area contributed by atoms with Gasteiger partial charge in [0.05, 0.1) is 12.2 Å². The smallest absolute Gasteiger partial charge is 0.145 e. The number of hydrogen-bond acceptors (Lipinski definition) is 3. The van der Waals surface area contributed by atoms with Crippen LogP contribution in [0.4, 0.5) is 4.39 Å². The van der Waals surface area contributed by atoms with Crippen LogP contribution in [0.15, 0.2) is 18.2 Å². The summed E-state index contributed by atoms with van der Waals surface area (Å²) in [4.78, 5) is 2.07. The molecule has 0 bridgehead atoms. The van der Waals surface area contributed by atoms with Gasteiger partial charge in [-0.15, -0.1) is 0 Å². The van der Waals surface area contributed by atoms with E-state index in [0.29, 0.717) is 24.7 Å². The van der Waals surface area contributed by atoms with E-state index in [1.54, 1.807) is 12.1 Å². The predicted molar refractivity (Wildman–Crippen MR) is 73.0 cm³/mol. The van der Waals surface area contributed by atoms with Crippen LogP contribution in [0.5, 0.6) is 0 Å². The van der Waals surface area contributed by atoms with Crippen molar-refractivity contribution in [2.24, 2.45) is 0 Å². The number of halogens is 1. The Morgan fingerprint density at radius 3 is 2.58 bits per heavy atom. The Hall–Kier alpha value is -1.44. The molecule has 1 aromatic carbocycles. The highest BCUT2D eigenvalue weighted by Crippen LogP contribution is 2.17. The highest BCUT2D eigenvalue weighted by atomic mass is 19.1. The summed E-state index contributed by atoms with van der Waals surface area (Å²) in [6.07, 6.45) is 1.91. The summed E-state index contributed by atoms with van der Waals surface area (Å²) in [6.45, 7) is 5.16. The Labute approximate surface area is 114 Å². The quantitative estimate of drug-likeness (QED) is 0.823. The van der Waals surface area contributed by atoms with Crippen molar-refractivity contribution in [3.05, 3.63) is 35.1 Å². The first kappa shape index (κ1) is 15.6. The maximum Gasteiger partial charge on any atom is 0.145 e. The summed E-state index contributed by atoms with van der Waals surface area (Å²) in [7, 11) is 0. The molecule has 1 rings (SSSR count). The van der Waals surface area contributed by atoms with Crippen molar-refractivity contribution in [1.82, 2.24) is 4.90 Å². The molecule has 0 aromatic heterocycles. The summed E-state index contributed by atoms with van der Waals surface area (Å²) >= 11 is 0. The van der Waals surface area contributed by atoms with Crippen LogP contribution >= 0.6 is 0 Å². The van der Waals surface area contributed by atoms with Gasteiger partial charge < -0.3 is 5.11 Å². The van der Waals surface area contributed by atoms with E-state index >= 15 is 0 Å². The zero-order valence-electron chi connectivity index (χ0n) is 11.6. The molecule has 0 atom stereocenters. The fourth-order valence-corrected chi connectivity index (χ4v) is 2.33. The Morgan fingerprint density at radius 2 is 2.05 bits per heavy atom. The summed E-state index contributed by atoms with van der Waals surface area (Å²) in [5, 5.41) is 18.0. The van der Waals surface area contributed by atoms with E-state index < -0.39 is 5.82 Å². The fraction of sp³-hybridized carbons (Fsp3) is 0.533. The lowest BCUT2D eigenvalue weighted by Gasteiger charge is -2.30. The van der Waals surface area contributed by atoms with Gasteiger partial charge >= 0.3 is 0 Å². The lowest BCUT2D eigenvalue weighted by molar-refractivity contribution is 0.135. The van der Waals surface area contributed by atoms with Crippen molar-refractivity contribution in [2.45, 2.75) is 39.3 Å². The van der Waals surface area contributed by atoms with Crippen LogP contribution in [0, 0.1) is 17.1 Å². The van der Waals surface area contributed by atoms with Gasteiger partial charge in [-0.2, -0.15) is 5.26 Å². The van der Waals surface area contributed by atoms with Gasteiger partial charge in [0.2, 0.25) is 0 Å². The summed E-state index contributed by atoms with van der Waals surface area (Å²) < 4.78 is 14.0. The Bertz CT molecular complexity index is 438. The van der Waals surface area contributed by atoms with Crippen LogP contribution in [-0.2, 0) is 6.54 Å². The van der Waals surface area contributed by atoms with Crippen molar-refractivity contribution >= 4 is 0 Å². The number of aliphatic hydroxyl groups is 1. The number of hydrogen-bond donors (Lipinski definition) is 1. The highest BCUT2D eigenvalue weighted by Gasteiger charge is 2.17. The third-order valence-corrected chi connectivity index (χ3v) is 3.42. The van der Waals surface area contributed by atoms with Crippen molar-refractivity contribution in [2.75, 3.05) is 13.2 Å². The molecule has 0 radical (unpaired) electrons. The van der Waals surface area contributed by atoms with Crippen LogP contribution in [0.1, 0.15) is 37.8 Å². The maximum absolute atomic E-state index is 14.0. The van der Waals surface area contributed by atoms with Gasteiger partial charge in [-0.3, -0.25) is 4.90 Å².